The lowest BCUT2D eigenvalue weighted by Crippen LogP contribution is -2.32. The van der Waals surface area contributed by atoms with Crippen molar-refractivity contribution in [2.75, 3.05) is 20.3 Å². The van der Waals surface area contributed by atoms with Crippen LogP contribution in [0.25, 0.3) is 5.76 Å². The van der Waals surface area contributed by atoms with Gasteiger partial charge in [-0.3, -0.25) is 9.59 Å². The van der Waals surface area contributed by atoms with Crippen LogP contribution in [0, 0.1) is 5.82 Å². The Morgan fingerprint density at radius 3 is 2.53 bits per heavy atom. The molecule has 0 radical (unpaired) electrons. The fourth-order valence-electron chi connectivity index (χ4n) is 4.87. The average Bonchev–Trinajstić information content (AvgIpc) is 3.42. The maximum atomic E-state index is 13.2. The van der Waals surface area contributed by atoms with E-state index in [0.29, 0.717) is 23.3 Å². The molecule has 5 rings (SSSR count). The maximum absolute atomic E-state index is 13.2. The standard InChI is InChI=1S/C30H28FNO6/c1-18-15-22-16-21(7-12-25(22)38-18)28(33)26-27(32(13-14-36-2)30(35)29(26)34)20-5-10-24(11-6-20)37-17-19-3-8-23(31)9-4-19/h3-12,16,18,27,33H,13-15,17H2,1-2H3/b28-26-. The number of benzene rings is 3. The van der Waals surface area contributed by atoms with Gasteiger partial charge in [0.2, 0.25) is 0 Å². The number of aliphatic hydroxyl groups excluding tert-OH is 1. The number of halogens is 1. The van der Waals surface area contributed by atoms with Crippen molar-refractivity contribution in [3.63, 3.8) is 0 Å². The first-order valence-electron chi connectivity index (χ1n) is 12.4. The molecular formula is C30H28FNO6. The third-order valence-electron chi connectivity index (χ3n) is 6.76. The molecule has 1 fully saturated rings. The van der Waals surface area contributed by atoms with Crippen molar-refractivity contribution in [2.45, 2.75) is 32.1 Å². The first-order chi connectivity index (χ1) is 18.4. The van der Waals surface area contributed by atoms with Crippen molar-refractivity contribution in [1.82, 2.24) is 4.90 Å². The maximum Gasteiger partial charge on any atom is 0.295 e. The first kappa shape index (κ1) is 25.5. The van der Waals surface area contributed by atoms with E-state index in [-0.39, 0.29) is 43.0 Å². The quantitative estimate of drug-likeness (QED) is 0.263. The second-order valence-electron chi connectivity index (χ2n) is 9.42. The summed E-state index contributed by atoms with van der Waals surface area (Å²) in [5, 5.41) is 11.3. The minimum Gasteiger partial charge on any atom is -0.507 e. The molecular weight excluding hydrogens is 489 g/mol. The molecule has 2 aliphatic heterocycles. The smallest absolute Gasteiger partial charge is 0.295 e. The molecule has 2 unspecified atom stereocenters. The van der Waals surface area contributed by atoms with Crippen molar-refractivity contribution in [1.29, 1.82) is 0 Å². The number of Topliss-reactive ketones (excluding diaryl/α,β-unsaturated/α-hetero) is 1. The molecule has 0 spiro atoms. The van der Waals surface area contributed by atoms with Crippen LogP contribution in [-0.2, 0) is 27.4 Å². The molecule has 38 heavy (non-hydrogen) atoms. The van der Waals surface area contributed by atoms with Crippen molar-refractivity contribution in [3.8, 4) is 11.5 Å². The van der Waals surface area contributed by atoms with Crippen LogP contribution >= 0.6 is 0 Å². The number of amides is 1. The molecule has 0 saturated carbocycles. The van der Waals surface area contributed by atoms with E-state index in [2.05, 4.69) is 0 Å². The molecule has 2 heterocycles. The summed E-state index contributed by atoms with van der Waals surface area (Å²) >= 11 is 0. The molecule has 1 N–H and O–H groups in total. The van der Waals surface area contributed by atoms with Crippen LogP contribution in [0.3, 0.4) is 0 Å². The van der Waals surface area contributed by atoms with E-state index >= 15 is 0 Å². The van der Waals surface area contributed by atoms with Crippen molar-refractivity contribution >= 4 is 17.4 Å². The Bertz CT molecular complexity index is 1380. The predicted molar refractivity (Wildman–Crippen MR) is 138 cm³/mol. The van der Waals surface area contributed by atoms with Gasteiger partial charge in [0.05, 0.1) is 18.2 Å². The minimum atomic E-state index is -0.792. The van der Waals surface area contributed by atoms with E-state index in [1.807, 2.05) is 6.92 Å². The fourth-order valence-corrected chi connectivity index (χ4v) is 4.87. The summed E-state index contributed by atoms with van der Waals surface area (Å²) < 4.78 is 29.9. The Labute approximate surface area is 220 Å². The Kier molecular flexibility index (Phi) is 7.15. The molecule has 8 heteroatoms. The number of carbonyl (C=O) groups is 2. The number of ether oxygens (including phenoxy) is 3. The third-order valence-corrected chi connectivity index (χ3v) is 6.76. The highest BCUT2D eigenvalue weighted by atomic mass is 19.1. The molecule has 3 aromatic carbocycles. The number of hydrogen-bond donors (Lipinski definition) is 1. The Balaban J connectivity index is 1.46. The number of aliphatic hydroxyl groups is 1. The summed E-state index contributed by atoms with van der Waals surface area (Å²) in [5.41, 5.74) is 2.88. The van der Waals surface area contributed by atoms with Gasteiger partial charge in [0, 0.05) is 25.6 Å². The topological polar surface area (TPSA) is 85.3 Å². The summed E-state index contributed by atoms with van der Waals surface area (Å²) in [6.45, 7) is 2.64. The van der Waals surface area contributed by atoms with Crippen LogP contribution in [0.2, 0.25) is 0 Å². The molecule has 3 aromatic rings. The fraction of sp³-hybridized carbons (Fsp3) is 0.267. The molecule has 2 aliphatic rings. The van der Waals surface area contributed by atoms with Crippen molar-refractivity contribution in [3.05, 3.63) is 100 Å². The Hall–Kier alpha value is -4.17. The number of nitrogens with zero attached hydrogens (tertiary/aromatic N) is 1. The number of carbonyl (C=O) groups excluding carboxylic acids is 2. The van der Waals surface area contributed by atoms with Crippen LogP contribution in [0.15, 0.2) is 72.3 Å². The van der Waals surface area contributed by atoms with Gasteiger partial charge in [0.25, 0.3) is 11.7 Å². The number of rotatable bonds is 8. The van der Waals surface area contributed by atoms with Gasteiger partial charge in [-0.05, 0) is 66.1 Å². The summed E-state index contributed by atoms with van der Waals surface area (Å²) in [4.78, 5) is 27.6. The van der Waals surface area contributed by atoms with E-state index in [1.54, 1.807) is 54.6 Å². The molecule has 0 aromatic heterocycles. The van der Waals surface area contributed by atoms with Crippen LogP contribution in [-0.4, -0.2) is 48.1 Å². The second kappa shape index (κ2) is 10.7. The molecule has 1 saturated heterocycles. The number of ketones is 1. The van der Waals surface area contributed by atoms with E-state index in [9.17, 15) is 19.1 Å². The molecule has 0 bridgehead atoms. The molecule has 7 nitrogen and oxygen atoms in total. The average molecular weight is 518 g/mol. The highest BCUT2D eigenvalue weighted by Gasteiger charge is 2.46. The van der Waals surface area contributed by atoms with Gasteiger partial charge >= 0.3 is 0 Å². The van der Waals surface area contributed by atoms with Crippen LogP contribution in [0.5, 0.6) is 11.5 Å². The van der Waals surface area contributed by atoms with Gasteiger partial charge < -0.3 is 24.2 Å². The van der Waals surface area contributed by atoms with Crippen LogP contribution in [0.1, 0.15) is 35.2 Å². The number of hydrogen-bond acceptors (Lipinski definition) is 6. The Morgan fingerprint density at radius 2 is 1.82 bits per heavy atom. The van der Waals surface area contributed by atoms with Gasteiger partial charge in [0.1, 0.15) is 35.8 Å². The van der Waals surface area contributed by atoms with Gasteiger partial charge in [-0.2, -0.15) is 0 Å². The van der Waals surface area contributed by atoms with Crippen LogP contribution in [0.4, 0.5) is 4.39 Å². The SMILES string of the molecule is COCCN1C(=O)C(=O)/C(=C(\O)c2ccc3c(c2)CC(C)O3)C1c1ccc(OCc2ccc(F)cc2)cc1. The summed E-state index contributed by atoms with van der Waals surface area (Å²) in [7, 11) is 1.52. The highest BCUT2D eigenvalue weighted by molar-refractivity contribution is 6.46. The number of likely N-dealkylation sites (tertiary alicyclic amines) is 1. The van der Waals surface area contributed by atoms with E-state index in [4.69, 9.17) is 14.2 Å². The number of methoxy groups -OCH3 is 1. The monoisotopic (exact) mass is 517 g/mol. The van der Waals surface area contributed by atoms with Gasteiger partial charge in [0.15, 0.2) is 0 Å². The lowest BCUT2D eigenvalue weighted by atomic mass is 9.94. The zero-order valence-electron chi connectivity index (χ0n) is 21.1. The predicted octanol–water partition coefficient (Wildman–Crippen LogP) is 4.80. The molecule has 2 atom stereocenters. The first-order valence-corrected chi connectivity index (χ1v) is 12.4. The Morgan fingerprint density at radius 1 is 1.08 bits per heavy atom. The summed E-state index contributed by atoms with van der Waals surface area (Å²) in [5.74, 6) is -0.658. The zero-order chi connectivity index (χ0) is 26.8. The zero-order valence-corrected chi connectivity index (χ0v) is 21.1. The second-order valence-corrected chi connectivity index (χ2v) is 9.42. The minimum absolute atomic E-state index is 0.0259. The van der Waals surface area contributed by atoms with E-state index in [0.717, 1.165) is 16.9 Å². The normalized spacial score (nSPS) is 19.9. The highest BCUT2D eigenvalue weighted by Crippen LogP contribution is 2.40. The summed E-state index contributed by atoms with van der Waals surface area (Å²) in [6.07, 6.45) is 0.729. The molecule has 196 valence electrons. The lowest BCUT2D eigenvalue weighted by Gasteiger charge is -2.25. The van der Waals surface area contributed by atoms with Crippen LogP contribution < -0.4 is 9.47 Å². The summed E-state index contributed by atoms with van der Waals surface area (Å²) in [6, 6.07) is 17.5. The van der Waals surface area contributed by atoms with Crippen molar-refractivity contribution < 1.29 is 33.3 Å². The van der Waals surface area contributed by atoms with E-state index < -0.39 is 17.7 Å². The molecule has 1 amide bonds. The van der Waals surface area contributed by atoms with E-state index in [1.165, 1.54) is 24.1 Å². The lowest BCUT2D eigenvalue weighted by molar-refractivity contribution is -0.140. The van der Waals surface area contributed by atoms with Gasteiger partial charge in [-0.15, -0.1) is 0 Å². The molecule has 0 aliphatic carbocycles. The third kappa shape index (κ3) is 4.99. The van der Waals surface area contributed by atoms with Gasteiger partial charge in [-0.1, -0.05) is 24.3 Å². The van der Waals surface area contributed by atoms with Gasteiger partial charge in [-0.25, -0.2) is 4.39 Å². The largest absolute Gasteiger partial charge is 0.507 e. The van der Waals surface area contributed by atoms with Crippen molar-refractivity contribution in [2.24, 2.45) is 0 Å². The number of fused-ring (bicyclic) bond motifs is 1.